The maximum absolute atomic E-state index is 11.7. The molecule has 0 spiro atoms. The number of carbonyl (C=O) groups excluding carboxylic acids is 1. The Morgan fingerprint density at radius 3 is 2.93 bits per heavy atom. The average Bonchev–Trinajstić information content (AvgIpc) is 2.75. The van der Waals surface area contributed by atoms with Crippen LogP contribution in [-0.2, 0) is 0 Å². The quantitative estimate of drug-likeness (QED) is 0.811. The molecule has 2 aromatic heterocycles. The summed E-state index contributed by atoms with van der Waals surface area (Å²) in [6.45, 7) is 1.95. The predicted molar refractivity (Wildman–Crippen MR) is 66.4 cm³/mol. The van der Waals surface area contributed by atoms with Gasteiger partial charge in [0.2, 0.25) is 0 Å². The molecule has 1 amide bonds. The van der Waals surface area contributed by atoms with Gasteiger partial charge in [-0.25, -0.2) is 4.98 Å². The van der Waals surface area contributed by atoms with Gasteiger partial charge in [0.15, 0.2) is 5.13 Å². The lowest BCUT2D eigenvalue weighted by atomic mass is 10.4. The van der Waals surface area contributed by atoms with Crippen molar-refractivity contribution < 1.29 is 4.79 Å². The summed E-state index contributed by atoms with van der Waals surface area (Å²) in [7, 11) is 0. The number of aryl methyl sites for hydroxylation is 1. The van der Waals surface area contributed by atoms with Gasteiger partial charge in [0.05, 0.1) is 4.88 Å². The number of thiol groups is 1. The van der Waals surface area contributed by atoms with Crippen molar-refractivity contribution in [2.75, 3.05) is 5.32 Å². The molecule has 0 radical (unpaired) electrons. The fourth-order valence-electron chi connectivity index (χ4n) is 1.02. The first-order chi connectivity index (χ1) is 7.15. The van der Waals surface area contributed by atoms with Gasteiger partial charge in [-0.15, -0.1) is 35.3 Å². The van der Waals surface area contributed by atoms with Crippen molar-refractivity contribution in [3.8, 4) is 0 Å². The van der Waals surface area contributed by atoms with E-state index < -0.39 is 0 Å². The van der Waals surface area contributed by atoms with E-state index in [-0.39, 0.29) is 5.91 Å². The maximum atomic E-state index is 11.7. The van der Waals surface area contributed by atoms with Gasteiger partial charge in [-0.3, -0.25) is 10.1 Å². The Bertz CT molecular complexity index is 489. The first-order valence-corrected chi connectivity index (χ1v) is 6.31. The Hall–Kier alpha value is -0.850. The van der Waals surface area contributed by atoms with Gasteiger partial charge in [0.25, 0.3) is 5.91 Å². The Morgan fingerprint density at radius 2 is 2.40 bits per heavy atom. The molecule has 0 aliphatic carbocycles. The summed E-state index contributed by atoms with van der Waals surface area (Å²) in [6.07, 6.45) is 1.73. The van der Waals surface area contributed by atoms with Gasteiger partial charge in [-0.1, -0.05) is 0 Å². The number of carbonyl (C=O) groups is 1. The molecule has 0 aromatic carbocycles. The van der Waals surface area contributed by atoms with E-state index in [4.69, 9.17) is 0 Å². The highest BCUT2D eigenvalue weighted by Gasteiger charge is 2.09. The highest BCUT2D eigenvalue weighted by atomic mass is 32.1. The molecular weight excluding hydrogens is 248 g/mol. The van der Waals surface area contributed by atoms with Crippen molar-refractivity contribution in [1.29, 1.82) is 0 Å². The number of rotatable bonds is 2. The van der Waals surface area contributed by atoms with Crippen LogP contribution in [0.25, 0.3) is 0 Å². The third-order valence-corrected chi connectivity index (χ3v) is 3.84. The molecule has 1 N–H and O–H groups in total. The van der Waals surface area contributed by atoms with Crippen molar-refractivity contribution in [3.05, 3.63) is 27.4 Å². The zero-order chi connectivity index (χ0) is 10.8. The molecule has 0 atom stereocenters. The predicted octanol–water partition coefficient (Wildman–Crippen LogP) is 3.05. The van der Waals surface area contributed by atoms with Crippen LogP contribution in [0.5, 0.6) is 0 Å². The van der Waals surface area contributed by atoms with E-state index >= 15 is 0 Å². The molecule has 0 fully saturated rings. The number of amides is 1. The number of nitrogens with one attached hydrogen (secondary N) is 1. The van der Waals surface area contributed by atoms with Crippen LogP contribution in [0.3, 0.4) is 0 Å². The van der Waals surface area contributed by atoms with Crippen LogP contribution in [0, 0.1) is 6.92 Å². The summed E-state index contributed by atoms with van der Waals surface area (Å²) in [5.74, 6) is -0.130. The van der Waals surface area contributed by atoms with Crippen LogP contribution in [0.4, 0.5) is 5.13 Å². The molecule has 0 bridgehead atoms. The van der Waals surface area contributed by atoms with E-state index in [1.165, 1.54) is 22.7 Å². The van der Waals surface area contributed by atoms with E-state index in [0.29, 0.717) is 10.0 Å². The number of anilines is 1. The molecule has 3 nitrogen and oxygen atoms in total. The summed E-state index contributed by atoms with van der Waals surface area (Å²) in [6, 6.07) is 1.74. The lowest BCUT2D eigenvalue weighted by molar-refractivity contribution is 0.103. The van der Waals surface area contributed by atoms with E-state index in [0.717, 1.165) is 9.77 Å². The van der Waals surface area contributed by atoms with Crippen molar-refractivity contribution in [1.82, 2.24) is 4.98 Å². The molecule has 78 valence electrons. The number of nitrogens with zero attached hydrogens (tertiary/aromatic N) is 1. The topological polar surface area (TPSA) is 42.0 Å². The average molecular weight is 256 g/mol. The second-order valence-corrected chi connectivity index (χ2v) is 5.56. The zero-order valence-electron chi connectivity index (χ0n) is 7.85. The molecule has 0 unspecified atom stereocenters. The second kappa shape index (κ2) is 4.34. The fraction of sp³-hybridized carbons (Fsp3) is 0.111. The number of hydrogen-bond acceptors (Lipinski definition) is 5. The standard InChI is InChI=1S/C9H8N2OS3/c1-5-3-10-9(15-5)11-8(12)7-2-6(13)4-14-7/h2-4,13H,1H3,(H,10,11,12). The zero-order valence-corrected chi connectivity index (χ0v) is 10.4. The van der Waals surface area contributed by atoms with Crippen molar-refractivity contribution in [3.63, 3.8) is 0 Å². The molecule has 0 saturated carbocycles. The SMILES string of the molecule is Cc1cnc(NC(=O)c2cc(S)cs2)s1. The van der Waals surface area contributed by atoms with Crippen molar-refractivity contribution >= 4 is 46.3 Å². The minimum absolute atomic E-state index is 0.130. The molecule has 2 heterocycles. The van der Waals surface area contributed by atoms with Crippen LogP contribution in [0.15, 0.2) is 22.5 Å². The summed E-state index contributed by atoms with van der Waals surface area (Å²) in [4.78, 5) is 18.3. The van der Waals surface area contributed by atoms with Crippen LogP contribution in [0.1, 0.15) is 14.5 Å². The highest BCUT2D eigenvalue weighted by molar-refractivity contribution is 7.80. The Labute approximate surface area is 101 Å². The van der Waals surface area contributed by atoms with Crippen LogP contribution < -0.4 is 5.32 Å². The van der Waals surface area contributed by atoms with Gasteiger partial charge in [-0.2, -0.15) is 0 Å². The summed E-state index contributed by atoms with van der Waals surface area (Å²) in [5, 5.41) is 5.19. The lowest BCUT2D eigenvalue weighted by Crippen LogP contribution is -2.09. The van der Waals surface area contributed by atoms with Crippen LogP contribution in [0.2, 0.25) is 0 Å². The van der Waals surface area contributed by atoms with Crippen molar-refractivity contribution in [2.45, 2.75) is 11.8 Å². The number of thiazole rings is 1. The molecular formula is C9H8N2OS3. The third kappa shape index (κ3) is 2.58. The molecule has 15 heavy (non-hydrogen) atoms. The number of thiophene rings is 1. The Balaban J connectivity index is 2.10. The highest BCUT2D eigenvalue weighted by Crippen LogP contribution is 2.21. The Morgan fingerprint density at radius 1 is 1.60 bits per heavy atom. The normalized spacial score (nSPS) is 10.3. The maximum Gasteiger partial charge on any atom is 0.267 e. The van der Waals surface area contributed by atoms with Crippen LogP contribution in [-0.4, -0.2) is 10.9 Å². The molecule has 0 saturated heterocycles. The van der Waals surface area contributed by atoms with Gasteiger partial charge in [0.1, 0.15) is 0 Å². The van der Waals surface area contributed by atoms with Gasteiger partial charge < -0.3 is 0 Å². The number of hydrogen-bond donors (Lipinski definition) is 2. The van der Waals surface area contributed by atoms with Gasteiger partial charge in [-0.05, 0) is 13.0 Å². The number of aromatic nitrogens is 1. The van der Waals surface area contributed by atoms with E-state index in [1.807, 2.05) is 12.3 Å². The molecule has 6 heteroatoms. The Kier molecular flexibility index (Phi) is 3.08. The van der Waals surface area contributed by atoms with Gasteiger partial charge >= 0.3 is 0 Å². The molecule has 2 aromatic rings. The molecule has 0 aliphatic rings. The monoisotopic (exact) mass is 256 g/mol. The van der Waals surface area contributed by atoms with Crippen molar-refractivity contribution in [2.24, 2.45) is 0 Å². The summed E-state index contributed by atoms with van der Waals surface area (Å²) < 4.78 is 0. The first kappa shape index (κ1) is 10.7. The van der Waals surface area contributed by atoms with E-state index in [9.17, 15) is 4.79 Å². The third-order valence-electron chi connectivity index (χ3n) is 1.65. The largest absolute Gasteiger partial charge is 0.297 e. The fourth-order valence-corrected chi connectivity index (χ4v) is 2.72. The van der Waals surface area contributed by atoms with Crippen LogP contribution >= 0.6 is 35.3 Å². The molecule has 2 rings (SSSR count). The van der Waals surface area contributed by atoms with Gasteiger partial charge in [0, 0.05) is 21.3 Å². The van der Waals surface area contributed by atoms with E-state index in [1.54, 1.807) is 12.3 Å². The minimum atomic E-state index is -0.130. The van der Waals surface area contributed by atoms with E-state index in [2.05, 4.69) is 22.9 Å². The first-order valence-electron chi connectivity index (χ1n) is 4.16. The minimum Gasteiger partial charge on any atom is -0.297 e. The summed E-state index contributed by atoms with van der Waals surface area (Å²) in [5.41, 5.74) is 0. The lowest BCUT2D eigenvalue weighted by Gasteiger charge is -1.96. The molecule has 0 aliphatic heterocycles. The second-order valence-electron chi connectivity index (χ2n) is 2.90. The summed E-state index contributed by atoms with van der Waals surface area (Å²) >= 11 is 6.98. The smallest absolute Gasteiger partial charge is 0.267 e.